The molecule has 0 amide bonds. The highest BCUT2D eigenvalue weighted by Crippen LogP contribution is 2.35. The molecule has 0 aliphatic carbocycles. The molecule has 0 bridgehead atoms. The molecule has 1 saturated heterocycles. The van der Waals surface area contributed by atoms with Gasteiger partial charge in [0, 0.05) is 38.2 Å². The number of fused-ring (bicyclic) bond motifs is 1. The zero-order chi connectivity index (χ0) is 21.8. The van der Waals surface area contributed by atoms with Crippen LogP contribution in [0.5, 0.6) is 0 Å². The molecule has 30 heavy (non-hydrogen) atoms. The molecule has 3 aromatic heterocycles. The zero-order valence-electron chi connectivity index (χ0n) is 16.1. The Kier molecular flexibility index (Phi) is 4.91. The van der Waals surface area contributed by atoms with Gasteiger partial charge in [-0.1, -0.05) is 11.6 Å². The lowest BCUT2D eigenvalue weighted by Crippen LogP contribution is -2.25. The summed E-state index contributed by atoms with van der Waals surface area (Å²) in [5, 5.41) is 8.41. The van der Waals surface area contributed by atoms with Gasteiger partial charge in [-0.3, -0.25) is 4.68 Å². The van der Waals surface area contributed by atoms with E-state index in [1.54, 1.807) is 24.7 Å². The normalized spacial score (nSPS) is 16.7. The van der Waals surface area contributed by atoms with E-state index in [1.807, 2.05) is 0 Å². The zero-order valence-corrected chi connectivity index (χ0v) is 16.9. The van der Waals surface area contributed by atoms with E-state index in [9.17, 15) is 22.0 Å². The first-order valence-electron chi connectivity index (χ1n) is 9.22. The second kappa shape index (κ2) is 7.07. The number of anilines is 1. The van der Waals surface area contributed by atoms with Crippen LogP contribution in [0.4, 0.5) is 27.8 Å². The summed E-state index contributed by atoms with van der Waals surface area (Å²) in [5.74, 6) is -2.05. The molecular formula is C18H18ClF5N6. The molecule has 0 N–H and O–H groups in total. The monoisotopic (exact) mass is 448 g/mol. The Morgan fingerprint density at radius 2 is 1.90 bits per heavy atom. The molecule has 3 aromatic rings. The van der Waals surface area contributed by atoms with Gasteiger partial charge in [0.05, 0.1) is 17.3 Å². The Balaban J connectivity index is 1.57. The van der Waals surface area contributed by atoms with Crippen molar-refractivity contribution in [2.45, 2.75) is 38.3 Å². The highest BCUT2D eigenvalue weighted by atomic mass is 35.5. The summed E-state index contributed by atoms with van der Waals surface area (Å²) in [6.45, 7) is 1.41. The van der Waals surface area contributed by atoms with Gasteiger partial charge in [-0.15, -0.1) is 0 Å². The molecule has 4 heterocycles. The fraction of sp³-hybridized carbons (Fsp3) is 0.500. The summed E-state index contributed by atoms with van der Waals surface area (Å²) in [7, 11) is 1.69. The van der Waals surface area contributed by atoms with E-state index in [-0.39, 0.29) is 42.4 Å². The topological polar surface area (TPSA) is 51.2 Å². The average Bonchev–Trinajstić information content (AvgIpc) is 3.32. The first kappa shape index (κ1) is 20.8. The maximum absolute atomic E-state index is 13.5. The number of hydrogen-bond donors (Lipinski definition) is 0. The van der Waals surface area contributed by atoms with Crippen molar-refractivity contribution in [2.24, 2.45) is 7.05 Å². The minimum Gasteiger partial charge on any atom is -0.349 e. The first-order chi connectivity index (χ1) is 13.9. The summed E-state index contributed by atoms with van der Waals surface area (Å²) in [5.41, 5.74) is -0.153. The lowest BCUT2D eigenvalue weighted by Gasteiger charge is -2.14. The van der Waals surface area contributed by atoms with E-state index in [2.05, 4.69) is 15.2 Å². The summed E-state index contributed by atoms with van der Waals surface area (Å²) in [6.07, 6.45) is -4.19. The minimum absolute atomic E-state index is 0.0510. The van der Waals surface area contributed by atoms with Crippen molar-refractivity contribution in [3.8, 4) is 0 Å². The minimum atomic E-state index is -4.61. The second-order valence-electron chi connectivity index (χ2n) is 7.40. The van der Waals surface area contributed by atoms with E-state index in [0.717, 1.165) is 16.3 Å². The molecule has 0 saturated carbocycles. The molecule has 1 aliphatic heterocycles. The van der Waals surface area contributed by atoms with Crippen molar-refractivity contribution in [1.82, 2.24) is 24.4 Å². The molecule has 1 aliphatic rings. The molecule has 0 aromatic carbocycles. The molecule has 162 valence electrons. The number of aryl methyl sites for hydroxylation is 4. The lowest BCUT2D eigenvalue weighted by molar-refractivity contribution is -0.136. The van der Waals surface area contributed by atoms with Crippen LogP contribution >= 0.6 is 11.6 Å². The lowest BCUT2D eigenvalue weighted by atomic mass is 10.2. The third-order valence-electron chi connectivity index (χ3n) is 5.19. The predicted molar refractivity (Wildman–Crippen MR) is 100 cm³/mol. The van der Waals surface area contributed by atoms with Crippen LogP contribution in [0.3, 0.4) is 0 Å². The fourth-order valence-electron chi connectivity index (χ4n) is 3.52. The van der Waals surface area contributed by atoms with E-state index in [4.69, 9.17) is 11.6 Å². The maximum atomic E-state index is 13.5. The maximum Gasteiger partial charge on any atom is 0.420 e. The van der Waals surface area contributed by atoms with Crippen LogP contribution in [0.25, 0.3) is 5.65 Å². The summed E-state index contributed by atoms with van der Waals surface area (Å²) in [4.78, 5) is 5.58. The number of rotatable bonds is 4. The van der Waals surface area contributed by atoms with Crippen molar-refractivity contribution in [3.05, 3.63) is 39.9 Å². The number of halogens is 6. The van der Waals surface area contributed by atoms with E-state index in [1.165, 1.54) is 4.90 Å². The smallest absolute Gasteiger partial charge is 0.349 e. The number of hydrogen-bond acceptors (Lipinski definition) is 4. The van der Waals surface area contributed by atoms with Gasteiger partial charge < -0.3 is 4.90 Å². The Morgan fingerprint density at radius 3 is 2.53 bits per heavy atom. The van der Waals surface area contributed by atoms with Gasteiger partial charge in [0.2, 0.25) is 0 Å². The van der Waals surface area contributed by atoms with Crippen LogP contribution in [0.1, 0.15) is 29.2 Å². The van der Waals surface area contributed by atoms with Crippen LogP contribution in [0.15, 0.2) is 12.1 Å². The standard InChI is InChI=1S/C18H18ClF5N6/c1-10-13(19)8-12(18(22,23)24)16-25-14(26-30(10)16)4-3-11-7-15(27-28(11)2)29-6-5-17(20,21)9-29/h7-8H,3-6,9H2,1-2H3. The molecule has 0 atom stereocenters. The Morgan fingerprint density at radius 1 is 1.17 bits per heavy atom. The molecule has 0 radical (unpaired) electrons. The molecule has 0 unspecified atom stereocenters. The number of nitrogens with zero attached hydrogens (tertiary/aromatic N) is 6. The van der Waals surface area contributed by atoms with E-state index >= 15 is 0 Å². The van der Waals surface area contributed by atoms with Crippen LogP contribution in [0.2, 0.25) is 5.02 Å². The van der Waals surface area contributed by atoms with Gasteiger partial charge in [0.15, 0.2) is 17.3 Å². The quantitative estimate of drug-likeness (QED) is 0.564. The highest BCUT2D eigenvalue weighted by Gasteiger charge is 2.39. The van der Waals surface area contributed by atoms with Crippen molar-refractivity contribution in [1.29, 1.82) is 0 Å². The summed E-state index contributed by atoms with van der Waals surface area (Å²) in [6, 6.07) is 2.56. The van der Waals surface area contributed by atoms with Gasteiger partial charge in [-0.05, 0) is 19.4 Å². The number of pyridine rings is 1. The fourth-order valence-corrected chi connectivity index (χ4v) is 3.71. The van der Waals surface area contributed by atoms with E-state index < -0.39 is 17.7 Å². The first-order valence-corrected chi connectivity index (χ1v) is 9.60. The molecule has 1 fully saturated rings. The second-order valence-corrected chi connectivity index (χ2v) is 7.80. The van der Waals surface area contributed by atoms with Crippen LogP contribution in [0, 0.1) is 6.92 Å². The van der Waals surface area contributed by atoms with Gasteiger partial charge in [-0.25, -0.2) is 18.3 Å². The van der Waals surface area contributed by atoms with E-state index in [0.29, 0.717) is 17.9 Å². The van der Waals surface area contributed by atoms with Gasteiger partial charge >= 0.3 is 6.18 Å². The molecule has 12 heteroatoms. The van der Waals surface area contributed by atoms with Crippen molar-refractivity contribution in [3.63, 3.8) is 0 Å². The van der Waals surface area contributed by atoms with Crippen LogP contribution < -0.4 is 4.90 Å². The molecule has 4 rings (SSSR count). The SMILES string of the molecule is Cc1c(Cl)cc(C(F)(F)F)c2nc(CCc3cc(N4CCC(F)(F)C4)nn3C)nn12. The predicted octanol–water partition coefficient (Wildman–Crippen LogP) is 4.07. The molecule has 0 spiro atoms. The number of alkyl halides is 5. The van der Waals surface area contributed by atoms with Gasteiger partial charge in [0.25, 0.3) is 5.92 Å². The third kappa shape index (κ3) is 3.82. The third-order valence-corrected chi connectivity index (χ3v) is 5.58. The largest absolute Gasteiger partial charge is 0.420 e. The van der Waals surface area contributed by atoms with Crippen LogP contribution in [-0.2, 0) is 26.1 Å². The van der Waals surface area contributed by atoms with Crippen LogP contribution in [-0.4, -0.2) is 43.4 Å². The highest BCUT2D eigenvalue weighted by molar-refractivity contribution is 6.31. The average molecular weight is 449 g/mol. The molecular weight excluding hydrogens is 431 g/mol. The Labute approximate surface area is 173 Å². The molecule has 6 nitrogen and oxygen atoms in total. The summed E-state index contributed by atoms with van der Waals surface area (Å²) >= 11 is 5.93. The van der Waals surface area contributed by atoms with Gasteiger partial charge in [0.1, 0.15) is 5.56 Å². The van der Waals surface area contributed by atoms with Crippen molar-refractivity contribution >= 4 is 23.1 Å². The Bertz CT molecular complexity index is 1100. The number of aromatic nitrogens is 5. The van der Waals surface area contributed by atoms with Crippen molar-refractivity contribution < 1.29 is 22.0 Å². The van der Waals surface area contributed by atoms with Crippen molar-refractivity contribution in [2.75, 3.05) is 18.0 Å². The van der Waals surface area contributed by atoms with Gasteiger partial charge in [-0.2, -0.15) is 23.4 Å². The Hall–Kier alpha value is -2.43. The summed E-state index contributed by atoms with van der Waals surface area (Å²) < 4.78 is 69.6.